The monoisotopic (exact) mass is 264 g/mol. The van der Waals surface area contributed by atoms with Crippen LogP contribution in [0.25, 0.3) is 0 Å². The number of hydrogen-bond acceptors (Lipinski definition) is 2. The fourth-order valence-electron chi connectivity index (χ4n) is 1.90. The second-order valence-corrected chi connectivity index (χ2v) is 4.44. The molecular formula is C11H15Cl2FN2. The highest BCUT2D eigenvalue weighted by atomic mass is 35.5. The van der Waals surface area contributed by atoms with Crippen molar-refractivity contribution < 1.29 is 4.39 Å². The van der Waals surface area contributed by atoms with Gasteiger partial charge in [-0.05, 0) is 24.1 Å². The summed E-state index contributed by atoms with van der Waals surface area (Å²) in [6.45, 7) is 2.72. The van der Waals surface area contributed by atoms with Crippen molar-refractivity contribution in [3.05, 3.63) is 34.6 Å². The van der Waals surface area contributed by atoms with E-state index >= 15 is 0 Å². The van der Waals surface area contributed by atoms with Crippen molar-refractivity contribution in [3.8, 4) is 0 Å². The normalized spacial score (nSPS) is 20.8. The summed E-state index contributed by atoms with van der Waals surface area (Å²) in [5.74, 6) is -0.362. The van der Waals surface area contributed by atoms with E-state index in [1.54, 1.807) is 12.1 Å². The molecule has 1 atom stereocenters. The van der Waals surface area contributed by atoms with Gasteiger partial charge in [-0.3, -0.25) is 4.90 Å². The summed E-state index contributed by atoms with van der Waals surface area (Å²) in [6, 6.07) is 5.14. The molecule has 1 saturated heterocycles. The van der Waals surface area contributed by atoms with Gasteiger partial charge in [-0.15, -0.1) is 12.4 Å². The van der Waals surface area contributed by atoms with Crippen LogP contribution in [0.2, 0.25) is 5.02 Å². The van der Waals surface area contributed by atoms with Gasteiger partial charge in [0.05, 0.1) is 5.02 Å². The predicted molar refractivity (Wildman–Crippen MR) is 66.5 cm³/mol. The molecule has 0 bridgehead atoms. The molecule has 0 aliphatic carbocycles. The van der Waals surface area contributed by atoms with Crippen LogP contribution in [0.5, 0.6) is 0 Å². The molecule has 0 spiro atoms. The van der Waals surface area contributed by atoms with E-state index < -0.39 is 0 Å². The molecule has 2 nitrogen and oxygen atoms in total. The van der Waals surface area contributed by atoms with Crippen molar-refractivity contribution in [1.82, 2.24) is 4.90 Å². The smallest absolute Gasteiger partial charge is 0.141 e. The molecule has 0 aromatic heterocycles. The van der Waals surface area contributed by atoms with Gasteiger partial charge in [0.25, 0.3) is 0 Å². The van der Waals surface area contributed by atoms with Gasteiger partial charge in [0.2, 0.25) is 0 Å². The third-order valence-corrected chi connectivity index (χ3v) is 2.99. The molecule has 16 heavy (non-hydrogen) atoms. The van der Waals surface area contributed by atoms with Crippen LogP contribution in [0.3, 0.4) is 0 Å². The van der Waals surface area contributed by atoms with Crippen LogP contribution in [0.1, 0.15) is 12.0 Å². The molecule has 1 aliphatic heterocycles. The van der Waals surface area contributed by atoms with E-state index in [4.69, 9.17) is 17.3 Å². The van der Waals surface area contributed by atoms with E-state index in [1.807, 2.05) is 0 Å². The third-order valence-electron chi connectivity index (χ3n) is 2.70. The molecule has 5 heteroatoms. The summed E-state index contributed by atoms with van der Waals surface area (Å²) in [5, 5.41) is 0.191. The second kappa shape index (κ2) is 5.82. The number of halogens is 3. The molecule has 2 N–H and O–H groups in total. The molecule has 1 aromatic rings. The lowest BCUT2D eigenvalue weighted by atomic mass is 10.2. The van der Waals surface area contributed by atoms with Crippen LogP contribution in [0.15, 0.2) is 18.2 Å². The lowest BCUT2D eigenvalue weighted by molar-refractivity contribution is 0.327. The minimum Gasteiger partial charge on any atom is -0.326 e. The van der Waals surface area contributed by atoms with E-state index in [-0.39, 0.29) is 29.3 Å². The SMILES string of the molecule is Cl.NC1CCN(Cc2ccc(F)c(Cl)c2)C1. The summed E-state index contributed by atoms with van der Waals surface area (Å²) < 4.78 is 12.9. The Balaban J connectivity index is 0.00000128. The maximum absolute atomic E-state index is 12.9. The average molecular weight is 265 g/mol. The number of likely N-dealkylation sites (tertiary alicyclic amines) is 1. The fraction of sp³-hybridized carbons (Fsp3) is 0.455. The zero-order valence-electron chi connectivity index (χ0n) is 8.83. The molecule has 1 fully saturated rings. The topological polar surface area (TPSA) is 29.3 Å². The van der Waals surface area contributed by atoms with Gasteiger partial charge in [0.1, 0.15) is 5.82 Å². The first-order valence-corrected chi connectivity index (χ1v) is 5.45. The van der Waals surface area contributed by atoms with Crippen LogP contribution >= 0.6 is 24.0 Å². The van der Waals surface area contributed by atoms with E-state index in [0.717, 1.165) is 31.6 Å². The first kappa shape index (κ1) is 13.7. The fourth-order valence-corrected chi connectivity index (χ4v) is 2.11. The van der Waals surface area contributed by atoms with Crippen molar-refractivity contribution in [2.45, 2.75) is 19.0 Å². The van der Waals surface area contributed by atoms with Crippen LogP contribution < -0.4 is 5.73 Å². The summed E-state index contributed by atoms with van der Waals surface area (Å²) in [4.78, 5) is 2.26. The molecular weight excluding hydrogens is 250 g/mol. The van der Waals surface area contributed by atoms with E-state index in [0.29, 0.717) is 0 Å². The van der Waals surface area contributed by atoms with Crippen LogP contribution in [-0.2, 0) is 6.54 Å². The number of nitrogens with zero attached hydrogens (tertiary/aromatic N) is 1. The van der Waals surface area contributed by atoms with Gasteiger partial charge in [0.15, 0.2) is 0 Å². The lowest BCUT2D eigenvalue weighted by Crippen LogP contribution is -2.26. The average Bonchev–Trinajstić information content (AvgIpc) is 2.58. The number of rotatable bonds is 2. The largest absolute Gasteiger partial charge is 0.326 e. The quantitative estimate of drug-likeness (QED) is 0.889. The van der Waals surface area contributed by atoms with E-state index in [9.17, 15) is 4.39 Å². The standard InChI is InChI=1S/C11H14ClFN2.ClH/c12-10-5-8(1-2-11(10)13)6-15-4-3-9(14)7-15;/h1-2,5,9H,3-4,6-7,14H2;1H. The van der Waals surface area contributed by atoms with Crippen molar-refractivity contribution in [2.75, 3.05) is 13.1 Å². The highest BCUT2D eigenvalue weighted by molar-refractivity contribution is 6.30. The van der Waals surface area contributed by atoms with E-state index in [2.05, 4.69) is 4.90 Å². The Hall–Kier alpha value is -0.350. The minimum absolute atomic E-state index is 0. The third kappa shape index (κ3) is 3.32. The number of nitrogens with two attached hydrogens (primary N) is 1. The summed E-state index contributed by atoms with van der Waals surface area (Å²) in [6.07, 6.45) is 1.04. The number of hydrogen-bond donors (Lipinski definition) is 1. The van der Waals surface area contributed by atoms with Gasteiger partial charge in [-0.25, -0.2) is 4.39 Å². The Labute approximate surface area is 106 Å². The summed E-state index contributed by atoms with van der Waals surface area (Å²) in [5.41, 5.74) is 6.84. The maximum atomic E-state index is 12.9. The molecule has 1 heterocycles. The Morgan fingerprint density at radius 2 is 2.25 bits per heavy atom. The predicted octanol–water partition coefficient (Wildman–Crippen LogP) is 2.43. The highest BCUT2D eigenvalue weighted by Gasteiger charge is 2.18. The van der Waals surface area contributed by atoms with Gasteiger partial charge in [-0.2, -0.15) is 0 Å². The van der Waals surface area contributed by atoms with Gasteiger partial charge in [0, 0.05) is 25.7 Å². The first-order valence-electron chi connectivity index (χ1n) is 5.07. The Morgan fingerprint density at radius 1 is 1.50 bits per heavy atom. The molecule has 0 radical (unpaired) electrons. The molecule has 1 unspecified atom stereocenters. The second-order valence-electron chi connectivity index (χ2n) is 4.03. The summed E-state index contributed by atoms with van der Waals surface area (Å²) >= 11 is 5.71. The van der Waals surface area contributed by atoms with Crippen LogP contribution in [0, 0.1) is 5.82 Å². The zero-order chi connectivity index (χ0) is 10.8. The molecule has 2 rings (SSSR count). The van der Waals surface area contributed by atoms with Crippen molar-refractivity contribution in [1.29, 1.82) is 0 Å². The summed E-state index contributed by atoms with van der Waals surface area (Å²) in [7, 11) is 0. The van der Waals surface area contributed by atoms with Crippen LogP contribution in [-0.4, -0.2) is 24.0 Å². The van der Waals surface area contributed by atoms with Crippen molar-refractivity contribution in [3.63, 3.8) is 0 Å². The molecule has 1 aromatic carbocycles. The highest BCUT2D eigenvalue weighted by Crippen LogP contribution is 2.18. The van der Waals surface area contributed by atoms with E-state index in [1.165, 1.54) is 6.07 Å². The van der Waals surface area contributed by atoms with Gasteiger partial charge in [-0.1, -0.05) is 17.7 Å². The zero-order valence-corrected chi connectivity index (χ0v) is 10.4. The lowest BCUT2D eigenvalue weighted by Gasteiger charge is -2.15. The Kier molecular flexibility index (Phi) is 4.99. The first-order chi connectivity index (χ1) is 7.15. The minimum atomic E-state index is -0.362. The van der Waals surface area contributed by atoms with Gasteiger partial charge < -0.3 is 5.73 Å². The van der Waals surface area contributed by atoms with Crippen molar-refractivity contribution >= 4 is 24.0 Å². The van der Waals surface area contributed by atoms with Crippen LogP contribution in [0.4, 0.5) is 4.39 Å². The number of benzene rings is 1. The molecule has 0 amide bonds. The molecule has 90 valence electrons. The van der Waals surface area contributed by atoms with Crippen molar-refractivity contribution in [2.24, 2.45) is 5.73 Å². The molecule has 0 saturated carbocycles. The van der Waals surface area contributed by atoms with Gasteiger partial charge >= 0.3 is 0 Å². The maximum Gasteiger partial charge on any atom is 0.141 e. The molecule has 1 aliphatic rings. The Bertz CT molecular complexity index is 360. The Morgan fingerprint density at radius 3 is 2.81 bits per heavy atom.